The molecule has 1 unspecified atom stereocenters. The molecule has 4 nitrogen and oxygen atoms in total. The first kappa shape index (κ1) is 14.2. The lowest BCUT2D eigenvalue weighted by Gasteiger charge is -2.21. The highest BCUT2D eigenvalue weighted by molar-refractivity contribution is 8.00. The smallest absolute Gasteiger partial charge is 0.240 e. The average Bonchev–Trinajstić information content (AvgIpc) is 2.94. The van der Waals surface area contributed by atoms with Gasteiger partial charge in [-0.2, -0.15) is 11.8 Å². The monoisotopic (exact) mass is 312 g/mol. The van der Waals surface area contributed by atoms with Gasteiger partial charge >= 0.3 is 0 Å². The predicted molar refractivity (Wildman–Crippen MR) is 83.9 cm³/mol. The van der Waals surface area contributed by atoms with Gasteiger partial charge in [-0.1, -0.05) is 12.5 Å². The van der Waals surface area contributed by atoms with Gasteiger partial charge in [0, 0.05) is 24.0 Å². The SMILES string of the molecule is O=S(=O)(NCC1CCCCS1)c1ccc2c(c1)NCC2. The van der Waals surface area contributed by atoms with Crippen molar-refractivity contribution in [1.29, 1.82) is 0 Å². The molecule has 2 aliphatic heterocycles. The number of hydrogen-bond donors (Lipinski definition) is 2. The van der Waals surface area contributed by atoms with Crippen LogP contribution in [0.15, 0.2) is 23.1 Å². The zero-order chi connectivity index (χ0) is 14.0. The first-order chi connectivity index (χ1) is 9.65. The van der Waals surface area contributed by atoms with Crippen LogP contribution >= 0.6 is 11.8 Å². The summed E-state index contributed by atoms with van der Waals surface area (Å²) in [6.07, 6.45) is 4.55. The zero-order valence-corrected chi connectivity index (χ0v) is 13.0. The second-order valence-electron chi connectivity index (χ2n) is 5.34. The Balaban J connectivity index is 1.68. The van der Waals surface area contributed by atoms with Crippen LogP contribution in [-0.4, -0.2) is 32.5 Å². The van der Waals surface area contributed by atoms with E-state index >= 15 is 0 Å². The summed E-state index contributed by atoms with van der Waals surface area (Å²) in [7, 11) is -3.38. The van der Waals surface area contributed by atoms with Gasteiger partial charge in [0.05, 0.1) is 4.90 Å². The van der Waals surface area contributed by atoms with E-state index in [1.807, 2.05) is 17.8 Å². The van der Waals surface area contributed by atoms with Gasteiger partial charge in [0.15, 0.2) is 0 Å². The highest BCUT2D eigenvalue weighted by Crippen LogP contribution is 2.27. The van der Waals surface area contributed by atoms with Crippen molar-refractivity contribution in [3.8, 4) is 0 Å². The van der Waals surface area contributed by atoms with Crippen molar-refractivity contribution < 1.29 is 8.42 Å². The van der Waals surface area contributed by atoms with Crippen LogP contribution in [0.3, 0.4) is 0 Å². The molecular weight excluding hydrogens is 292 g/mol. The molecule has 2 aliphatic rings. The van der Waals surface area contributed by atoms with E-state index < -0.39 is 10.0 Å². The number of hydrogen-bond acceptors (Lipinski definition) is 4. The highest BCUT2D eigenvalue weighted by atomic mass is 32.2. The molecule has 0 aliphatic carbocycles. The second kappa shape index (κ2) is 5.95. The fourth-order valence-electron chi connectivity index (χ4n) is 2.69. The fourth-order valence-corrected chi connectivity index (χ4v) is 5.14. The van der Waals surface area contributed by atoms with Crippen LogP contribution in [0.4, 0.5) is 5.69 Å². The van der Waals surface area contributed by atoms with Crippen LogP contribution in [0.1, 0.15) is 24.8 Å². The molecule has 2 heterocycles. The standard InChI is InChI=1S/C14H20N2O2S2/c17-20(18,16-10-12-3-1-2-8-19-12)13-5-4-11-6-7-15-14(11)9-13/h4-5,9,12,15-16H,1-3,6-8,10H2. The molecule has 2 N–H and O–H groups in total. The zero-order valence-electron chi connectivity index (χ0n) is 11.4. The molecule has 0 amide bonds. The number of benzene rings is 1. The largest absolute Gasteiger partial charge is 0.384 e. The molecule has 1 atom stereocenters. The van der Waals surface area contributed by atoms with Crippen molar-refractivity contribution >= 4 is 27.5 Å². The van der Waals surface area contributed by atoms with E-state index in [4.69, 9.17) is 0 Å². The van der Waals surface area contributed by atoms with Gasteiger partial charge in [0.25, 0.3) is 0 Å². The molecule has 6 heteroatoms. The molecule has 1 fully saturated rings. The highest BCUT2D eigenvalue weighted by Gasteiger charge is 2.21. The second-order valence-corrected chi connectivity index (χ2v) is 8.51. The van der Waals surface area contributed by atoms with Crippen molar-refractivity contribution in [2.45, 2.75) is 35.8 Å². The minimum atomic E-state index is -3.38. The molecule has 0 radical (unpaired) electrons. The number of fused-ring (bicyclic) bond motifs is 1. The van der Waals surface area contributed by atoms with Crippen molar-refractivity contribution in [2.75, 3.05) is 24.2 Å². The summed E-state index contributed by atoms with van der Waals surface area (Å²) >= 11 is 1.88. The maximum atomic E-state index is 12.3. The summed E-state index contributed by atoms with van der Waals surface area (Å²) in [5.41, 5.74) is 2.16. The Kier molecular flexibility index (Phi) is 4.23. The molecule has 110 valence electrons. The summed E-state index contributed by atoms with van der Waals surface area (Å²) in [6, 6.07) is 5.38. The van der Waals surface area contributed by atoms with Crippen molar-refractivity contribution in [1.82, 2.24) is 4.72 Å². The van der Waals surface area contributed by atoms with E-state index in [9.17, 15) is 8.42 Å². The van der Waals surface area contributed by atoms with Crippen LogP contribution in [0.25, 0.3) is 0 Å². The predicted octanol–water partition coefficient (Wildman–Crippen LogP) is 2.22. The quantitative estimate of drug-likeness (QED) is 0.895. The van der Waals surface area contributed by atoms with E-state index in [0.717, 1.165) is 30.8 Å². The molecular formula is C14H20N2O2S2. The fraction of sp³-hybridized carbons (Fsp3) is 0.571. The summed E-state index contributed by atoms with van der Waals surface area (Å²) in [5, 5.41) is 3.64. The van der Waals surface area contributed by atoms with E-state index in [1.54, 1.807) is 12.1 Å². The summed E-state index contributed by atoms with van der Waals surface area (Å²) in [5.74, 6) is 1.15. The van der Waals surface area contributed by atoms with Gasteiger partial charge in [-0.05, 0) is 42.7 Å². The minimum Gasteiger partial charge on any atom is -0.384 e. The van der Waals surface area contributed by atoms with Crippen LogP contribution in [0.5, 0.6) is 0 Å². The van der Waals surface area contributed by atoms with Crippen molar-refractivity contribution in [3.05, 3.63) is 23.8 Å². The maximum absolute atomic E-state index is 12.3. The van der Waals surface area contributed by atoms with E-state index in [1.165, 1.54) is 18.4 Å². The Bertz CT molecular complexity index is 581. The molecule has 1 aromatic carbocycles. The van der Waals surface area contributed by atoms with Crippen LogP contribution in [0.2, 0.25) is 0 Å². The summed E-state index contributed by atoms with van der Waals surface area (Å²) in [4.78, 5) is 0.367. The lowest BCUT2D eigenvalue weighted by Crippen LogP contribution is -2.32. The summed E-state index contributed by atoms with van der Waals surface area (Å²) in [6.45, 7) is 1.43. The lowest BCUT2D eigenvalue weighted by molar-refractivity contribution is 0.574. The van der Waals surface area contributed by atoms with Gasteiger partial charge in [0.2, 0.25) is 10.0 Å². The molecule has 0 spiro atoms. The molecule has 20 heavy (non-hydrogen) atoms. The van der Waals surface area contributed by atoms with E-state index in [2.05, 4.69) is 10.0 Å². The number of anilines is 1. The van der Waals surface area contributed by atoms with Gasteiger partial charge in [-0.15, -0.1) is 0 Å². The average molecular weight is 312 g/mol. The third-order valence-electron chi connectivity index (χ3n) is 3.88. The molecule has 3 rings (SSSR count). The summed E-state index contributed by atoms with van der Waals surface area (Å²) < 4.78 is 27.4. The number of sulfonamides is 1. The topological polar surface area (TPSA) is 58.2 Å². The van der Waals surface area contributed by atoms with Gasteiger partial charge in [-0.25, -0.2) is 13.1 Å². The molecule has 0 bridgehead atoms. The Hall–Kier alpha value is -0.720. The normalized spacial score (nSPS) is 22.3. The van der Waals surface area contributed by atoms with Gasteiger partial charge in [0.1, 0.15) is 0 Å². The van der Waals surface area contributed by atoms with Crippen molar-refractivity contribution in [3.63, 3.8) is 0 Å². The Morgan fingerprint density at radius 3 is 3.05 bits per heavy atom. The third kappa shape index (κ3) is 3.13. The van der Waals surface area contributed by atoms with E-state index in [-0.39, 0.29) is 0 Å². The van der Waals surface area contributed by atoms with Gasteiger partial charge < -0.3 is 5.32 Å². The van der Waals surface area contributed by atoms with E-state index in [0.29, 0.717) is 16.7 Å². The number of thioether (sulfide) groups is 1. The number of nitrogens with one attached hydrogen (secondary N) is 2. The Morgan fingerprint density at radius 2 is 2.25 bits per heavy atom. The first-order valence-electron chi connectivity index (χ1n) is 7.13. The molecule has 0 aromatic heterocycles. The Morgan fingerprint density at radius 1 is 1.35 bits per heavy atom. The van der Waals surface area contributed by atoms with Crippen molar-refractivity contribution in [2.24, 2.45) is 0 Å². The van der Waals surface area contributed by atoms with Crippen LogP contribution < -0.4 is 10.0 Å². The van der Waals surface area contributed by atoms with Crippen LogP contribution in [0, 0.1) is 0 Å². The van der Waals surface area contributed by atoms with Crippen LogP contribution in [-0.2, 0) is 16.4 Å². The molecule has 0 saturated carbocycles. The molecule has 1 saturated heterocycles. The molecule has 1 aromatic rings. The lowest BCUT2D eigenvalue weighted by atomic mass is 10.2. The first-order valence-corrected chi connectivity index (χ1v) is 9.66. The number of rotatable bonds is 4. The van der Waals surface area contributed by atoms with Gasteiger partial charge in [-0.3, -0.25) is 0 Å². The maximum Gasteiger partial charge on any atom is 0.240 e. The minimum absolute atomic E-state index is 0.367. The Labute approximate surface area is 124 Å². The third-order valence-corrected chi connectivity index (χ3v) is 6.70.